The Hall–Kier alpha value is -2.29. The number of para-hydroxylation sites is 1. The molecule has 24 heavy (non-hydrogen) atoms. The fourth-order valence-electron chi connectivity index (χ4n) is 2.86. The maximum atomic E-state index is 12.4. The lowest BCUT2D eigenvalue weighted by Crippen LogP contribution is -2.29. The monoisotopic (exact) mass is 324 g/mol. The predicted molar refractivity (Wildman–Crippen MR) is 102 cm³/mol. The van der Waals surface area contributed by atoms with Crippen LogP contribution in [0.15, 0.2) is 42.5 Å². The van der Waals surface area contributed by atoms with E-state index in [9.17, 15) is 4.79 Å². The Morgan fingerprint density at radius 2 is 1.54 bits per heavy atom. The lowest BCUT2D eigenvalue weighted by Gasteiger charge is -2.20. The van der Waals surface area contributed by atoms with Crippen LogP contribution in [0.5, 0.6) is 0 Å². The summed E-state index contributed by atoms with van der Waals surface area (Å²) in [6.45, 7) is 11.2. The molecule has 0 saturated heterocycles. The van der Waals surface area contributed by atoms with Gasteiger partial charge in [0.15, 0.2) is 0 Å². The van der Waals surface area contributed by atoms with Crippen molar-refractivity contribution >= 4 is 11.7 Å². The molecule has 3 nitrogen and oxygen atoms in total. The summed E-state index contributed by atoms with van der Waals surface area (Å²) in [6, 6.07) is 14.3. The van der Waals surface area contributed by atoms with Crippen LogP contribution in [0, 0.1) is 6.92 Å². The zero-order valence-corrected chi connectivity index (χ0v) is 15.3. The van der Waals surface area contributed by atoms with Crippen molar-refractivity contribution in [3.05, 3.63) is 64.7 Å². The molecule has 0 aliphatic carbocycles. The Bertz CT molecular complexity index is 678. The molecule has 2 aromatic rings. The summed E-state index contributed by atoms with van der Waals surface area (Å²) in [6.07, 6.45) is 0. The van der Waals surface area contributed by atoms with Crippen molar-refractivity contribution in [1.82, 2.24) is 5.32 Å². The van der Waals surface area contributed by atoms with Crippen molar-refractivity contribution in [2.24, 2.45) is 0 Å². The van der Waals surface area contributed by atoms with Crippen LogP contribution in [0.2, 0.25) is 0 Å². The van der Waals surface area contributed by atoms with Gasteiger partial charge in [0.25, 0.3) is 0 Å². The van der Waals surface area contributed by atoms with Gasteiger partial charge in [-0.25, -0.2) is 4.79 Å². The highest BCUT2D eigenvalue weighted by molar-refractivity contribution is 5.91. The third kappa shape index (κ3) is 4.60. The van der Waals surface area contributed by atoms with Crippen molar-refractivity contribution in [3.8, 4) is 0 Å². The second-order valence-corrected chi connectivity index (χ2v) is 6.92. The zero-order valence-electron chi connectivity index (χ0n) is 15.3. The van der Waals surface area contributed by atoms with Crippen LogP contribution in [0.3, 0.4) is 0 Å². The molecule has 2 aromatic carbocycles. The number of nitrogens with one attached hydrogen (secondary N) is 2. The molecule has 0 saturated carbocycles. The van der Waals surface area contributed by atoms with Gasteiger partial charge in [0.1, 0.15) is 0 Å². The van der Waals surface area contributed by atoms with E-state index in [4.69, 9.17) is 0 Å². The number of carbonyl (C=O) groups excluding carboxylic acids is 1. The molecular formula is C21H28N2O. The topological polar surface area (TPSA) is 41.1 Å². The number of rotatable bonds is 5. The van der Waals surface area contributed by atoms with Crippen LogP contribution in [-0.2, 0) is 6.54 Å². The summed E-state index contributed by atoms with van der Waals surface area (Å²) < 4.78 is 0. The van der Waals surface area contributed by atoms with Crippen LogP contribution in [0.25, 0.3) is 0 Å². The Balaban J connectivity index is 2.13. The molecule has 0 aliphatic rings. The smallest absolute Gasteiger partial charge is 0.319 e. The number of carbonyl (C=O) groups is 1. The number of urea groups is 1. The van der Waals surface area contributed by atoms with Gasteiger partial charge in [0.05, 0.1) is 0 Å². The minimum atomic E-state index is -0.161. The van der Waals surface area contributed by atoms with E-state index in [0.717, 1.165) is 11.3 Å². The highest BCUT2D eigenvalue weighted by Crippen LogP contribution is 2.32. The maximum absolute atomic E-state index is 12.4. The van der Waals surface area contributed by atoms with Crippen molar-refractivity contribution in [1.29, 1.82) is 0 Å². The average Bonchev–Trinajstić information content (AvgIpc) is 2.52. The van der Waals surface area contributed by atoms with Crippen LogP contribution in [-0.4, -0.2) is 6.03 Å². The number of hydrogen-bond donors (Lipinski definition) is 2. The molecule has 2 rings (SSSR count). The highest BCUT2D eigenvalue weighted by Gasteiger charge is 2.15. The molecule has 0 atom stereocenters. The van der Waals surface area contributed by atoms with Crippen LogP contribution in [0.4, 0.5) is 10.5 Å². The third-order valence-electron chi connectivity index (χ3n) is 4.15. The molecule has 0 unspecified atom stereocenters. The van der Waals surface area contributed by atoms with Crippen molar-refractivity contribution in [2.75, 3.05) is 5.32 Å². The Morgan fingerprint density at radius 3 is 2.08 bits per heavy atom. The molecule has 0 aliphatic heterocycles. The van der Waals surface area contributed by atoms with Crippen LogP contribution >= 0.6 is 0 Å². The largest absolute Gasteiger partial charge is 0.334 e. The maximum Gasteiger partial charge on any atom is 0.319 e. The van der Waals surface area contributed by atoms with E-state index in [0.29, 0.717) is 18.4 Å². The average molecular weight is 324 g/mol. The van der Waals surface area contributed by atoms with E-state index >= 15 is 0 Å². The molecular weight excluding hydrogens is 296 g/mol. The summed E-state index contributed by atoms with van der Waals surface area (Å²) in [5.74, 6) is 0.714. The summed E-state index contributed by atoms with van der Waals surface area (Å²) in [4.78, 5) is 12.4. The summed E-state index contributed by atoms with van der Waals surface area (Å²) in [5, 5.41) is 6.03. The molecule has 2 N–H and O–H groups in total. The van der Waals surface area contributed by atoms with Crippen molar-refractivity contribution in [2.45, 2.75) is 53.0 Å². The molecule has 3 heteroatoms. The Morgan fingerprint density at radius 1 is 0.958 bits per heavy atom. The van der Waals surface area contributed by atoms with Gasteiger partial charge >= 0.3 is 6.03 Å². The van der Waals surface area contributed by atoms with Crippen LogP contribution in [0.1, 0.15) is 61.8 Å². The number of anilines is 1. The first kappa shape index (κ1) is 18.1. The Labute approximate surface area is 145 Å². The summed E-state index contributed by atoms with van der Waals surface area (Å²) in [5.41, 5.74) is 5.59. The van der Waals surface area contributed by atoms with E-state index in [2.05, 4.69) is 75.6 Å². The predicted octanol–water partition coefficient (Wildman–Crippen LogP) is 5.56. The minimum absolute atomic E-state index is 0.161. The zero-order chi connectivity index (χ0) is 17.7. The quantitative estimate of drug-likeness (QED) is 0.742. The summed E-state index contributed by atoms with van der Waals surface area (Å²) >= 11 is 0. The normalized spacial score (nSPS) is 11.0. The van der Waals surface area contributed by atoms with Gasteiger partial charge in [-0.1, -0.05) is 75.7 Å². The van der Waals surface area contributed by atoms with E-state index in [1.165, 1.54) is 16.7 Å². The van der Waals surface area contributed by atoms with E-state index in [1.54, 1.807) is 0 Å². The molecule has 0 fully saturated rings. The van der Waals surface area contributed by atoms with Gasteiger partial charge in [-0.15, -0.1) is 0 Å². The minimum Gasteiger partial charge on any atom is -0.334 e. The van der Waals surface area contributed by atoms with E-state index in [1.807, 2.05) is 12.1 Å². The molecule has 0 spiro atoms. The summed E-state index contributed by atoms with van der Waals surface area (Å²) in [7, 11) is 0. The first-order valence-electron chi connectivity index (χ1n) is 8.61. The lowest BCUT2D eigenvalue weighted by molar-refractivity contribution is 0.251. The van der Waals surface area contributed by atoms with Gasteiger partial charge in [0, 0.05) is 12.2 Å². The second-order valence-electron chi connectivity index (χ2n) is 6.92. The first-order valence-corrected chi connectivity index (χ1v) is 8.61. The molecule has 0 bridgehead atoms. The molecule has 2 amide bonds. The molecule has 0 aromatic heterocycles. The standard InChI is InChI=1S/C21H28N2O/c1-14(2)18-10-7-11-19(15(3)4)20(18)23-21(24)22-13-17-9-6-8-16(5)12-17/h6-12,14-15H,13H2,1-5H3,(H2,22,23,24). The SMILES string of the molecule is Cc1cccc(CNC(=O)Nc2c(C(C)C)cccc2C(C)C)c1. The van der Waals surface area contributed by atoms with Gasteiger partial charge in [-0.2, -0.15) is 0 Å². The van der Waals surface area contributed by atoms with Crippen LogP contribution < -0.4 is 10.6 Å². The number of hydrogen-bond acceptors (Lipinski definition) is 1. The molecule has 0 radical (unpaired) electrons. The fourth-order valence-corrected chi connectivity index (χ4v) is 2.86. The second kappa shape index (κ2) is 8.00. The third-order valence-corrected chi connectivity index (χ3v) is 4.15. The van der Waals surface area contributed by atoms with Gasteiger partial charge < -0.3 is 10.6 Å². The Kier molecular flexibility index (Phi) is 6.02. The van der Waals surface area contributed by atoms with E-state index < -0.39 is 0 Å². The molecule has 128 valence electrons. The van der Waals surface area contributed by atoms with Gasteiger partial charge in [0.2, 0.25) is 0 Å². The number of benzene rings is 2. The molecule has 0 heterocycles. The number of aryl methyl sites for hydroxylation is 1. The van der Waals surface area contributed by atoms with E-state index in [-0.39, 0.29) is 6.03 Å². The lowest BCUT2D eigenvalue weighted by atomic mass is 9.93. The van der Waals surface area contributed by atoms with Crippen molar-refractivity contribution < 1.29 is 4.79 Å². The van der Waals surface area contributed by atoms with Gasteiger partial charge in [-0.05, 0) is 35.4 Å². The van der Waals surface area contributed by atoms with Crippen molar-refractivity contribution in [3.63, 3.8) is 0 Å². The first-order chi connectivity index (χ1) is 11.4. The van der Waals surface area contributed by atoms with Gasteiger partial charge in [-0.3, -0.25) is 0 Å². The number of amides is 2. The highest BCUT2D eigenvalue weighted by atomic mass is 16.2. The fraction of sp³-hybridized carbons (Fsp3) is 0.381.